The Labute approximate surface area is 112 Å². The van der Waals surface area contributed by atoms with Crippen molar-refractivity contribution in [1.29, 1.82) is 0 Å². The van der Waals surface area contributed by atoms with Crippen LogP contribution in [0.2, 0.25) is 0 Å². The molecular formula is C13H18Cl2O2. The van der Waals surface area contributed by atoms with Gasteiger partial charge < -0.3 is 4.74 Å². The number of carbonyl (C=O) groups excluding carboxylic acids is 1. The highest BCUT2D eigenvalue weighted by molar-refractivity contribution is 6.51. The molecule has 96 valence electrons. The van der Waals surface area contributed by atoms with E-state index in [1.807, 2.05) is 6.92 Å². The Morgan fingerprint density at radius 2 is 1.71 bits per heavy atom. The highest BCUT2D eigenvalue weighted by Crippen LogP contribution is 2.67. The molecule has 17 heavy (non-hydrogen) atoms. The Morgan fingerprint density at radius 1 is 1.18 bits per heavy atom. The number of ether oxygens (including phenoxy) is 1. The molecule has 0 N–H and O–H groups in total. The molecule has 0 aromatic rings. The summed E-state index contributed by atoms with van der Waals surface area (Å²) >= 11 is 12.5. The summed E-state index contributed by atoms with van der Waals surface area (Å²) in [6, 6.07) is 0. The van der Waals surface area contributed by atoms with Crippen molar-refractivity contribution >= 4 is 29.2 Å². The summed E-state index contributed by atoms with van der Waals surface area (Å²) in [6.07, 6.45) is 4.34. The number of alkyl halides is 2. The molecule has 3 aliphatic rings. The molecule has 0 aromatic heterocycles. The van der Waals surface area contributed by atoms with Crippen molar-refractivity contribution in [2.24, 2.45) is 29.6 Å². The predicted molar refractivity (Wildman–Crippen MR) is 67.0 cm³/mol. The Kier molecular flexibility index (Phi) is 2.87. The first-order chi connectivity index (χ1) is 8.07. The van der Waals surface area contributed by atoms with E-state index in [0.29, 0.717) is 30.3 Å². The summed E-state index contributed by atoms with van der Waals surface area (Å²) in [4.78, 5) is 11.7. The fourth-order valence-corrected chi connectivity index (χ4v) is 4.73. The van der Waals surface area contributed by atoms with Crippen molar-refractivity contribution in [3.63, 3.8) is 0 Å². The maximum absolute atomic E-state index is 11.7. The van der Waals surface area contributed by atoms with Gasteiger partial charge in [-0.05, 0) is 56.3 Å². The van der Waals surface area contributed by atoms with Gasteiger partial charge in [0.1, 0.15) is 4.33 Å². The average Bonchev–Trinajstić information content (AvgIpc) is 3.02. The second-order valence-electron chi connectivity index (χ2n) is 5.65. The molecule has 0 bridgehead atoms. The minimum atomic E-state index is -0.462. The summed E-state index contributed by atoms with van der Waals surface area (Å²) < 4.78 is 4.67. The Morgan fingerprint density at radius 3 is 2.18 bits per heavy atom. The van der Waals surface area contributed by atoms with E-state index in [2.05, 4.69) is 0 Å². The molecular weight excluding hydrogens is 259 g/mol. The molecule has 0 amide bonds. The minimum absolute atomic E-state index is 0.0149. The first kappa shape index (κ1) is 12.1. The van der Waals surface area contributed by atoms with Gasteiger partial charge in [0.2, 0.25) is 0 Å². The van der Waals surface area contributed by atoms with Crippen LogP contribution in [0.5, 0.6) is 0 Å². The van der Waals surface area contributed by atoms with Gasteiger partial charge in [0.25, 0.3) is 0 Å². The average molecular weight is 277 g/mol. The van der Waals surface area contributed by atoms with Gasteiger partial charge in [-0.3, -0.25) is 4.79 Å². The molecule has 3 aliphatic carbocycles. The lowest BCUT2D eigenvalue weighted by atomic mass is 10.0. The van der Waals surface area contributed by atoms with Crippen LogP contribution in [0.1, 0.15) is 32.6 Å². The lowest BCUT2D eigenvalue weighted by molar-refractivity contribution is -0.145. The van der Waals surface area contributed by atoms with Crippen LogP contribution in [0.15, 0.2) is 0 Å². The van der Waals surface area contributed by atoms with E-state index >= 15 is 0 Å². The third-order valence-corrected chi connectivity index (χ3v) is 6.00. The van der Waals surface area contributed by atoms with Gasteiger partial charge in [0.15, 0.2) is 0 Å². The van der Waals surface area contributed by atoms with Crippen molar-refractivity contribution in [2.75, 3.05) is 6.61 Å². The van der Waals surface area contributed by atoms with E-state index in [4.69, 9.17) is 27.9 Å². The molecule has 0 spiro atoms. The topological polar surface area (TPSA) is 26.3 Å². The van der Waals surface area contributed by atoms with E-state index in [1.165, 1.54) is 0 Å². The van der Waals surface area contributed by atoms with E-state index in [1.54, 1.807) is 0 Å². The van der Waals surface area contributed by atoms with E-state index < -0.39 is 4.33 Å². The zero-order valence-corrected chi connectivity index (χ0v) is 11.5. The molecule has 0 aromatic carbocycles. The van der Waals surface area contributed by atoms with Crippen molar-refractivity contribution in [3.05, 3.63) is 0 Å². The van der Waals surface area contributed by atoms with Gasteiger partial charge in [0, 0.05) is 0 Å². The first-order valence-electron chi connectivity index (χ1n) is 6.61. The standard InChI is InChI=1S/C13H18Cl2O2/c1-2-17-12(16)11-7-3-5-9-10(13(9,14)15)6-4-8(7)11/h7-11H,2-6H2,1H3/t7-,8-,9-,10+,11?/m0/s1. The zero-order chi connectivity index (χ0) is 12.2. The van der Waals surface area contributed by atoms with Crippen LogP contribution in [0.3, 0.4) is 0 Å². The van der Waals surface area contributed by atoms with Crippen molar-refractivity contribution < 1.29 is 9.53 Å². The summed E-state index contributed by atoms with van der Waals surface area (Å²) in [5.74, 6) is 2.21. The molecule has 2 nitrogen and oxygen atoms in total. The van der Waals surface area contributed by atoms with Crippen LogP contribution in [0.4, 0.5) is 0 Å². The molecule has 4 heteroatoms. The molecule has 0 aliphatic heterocycles. The van der Waals surface area contributed by atoms with Gasteiger partial charge in [-0.15, -0.1) is 23.2 Å². The van der Waals surface area contributed by atoms with Gasteiger partial charge in [-0.25, -0.2) is 0 Å². The second kappa shape index (κ2) is 4.03. The van der Waals surface area contributed by atoms with E-state index in [-0.39, 0.29) is 11.9 Å². The van der Waals surface area contributed by atoms with Crippen LogP contribution >= 0.6 is 23.2 Å². The number of esters is 1. The summed E-state index contributed by atoms with van der Waals surface area (Å²) in [5, 5.41) is 0. The maximum atomic E-state index is 11.7. The molecule has 3 fully saturated rings. The van der Waals surface area contributed by atoms with E-state index in [9.17, 15) is 4.79 Å². The smallest absolute Gasteiger partial charge is 0.309 e. The number of halogens is 2. The molecule has 5 atom stereocenters. The number of hydrogen-bond donors (Lipinski definition) is 0. The summed E-state index contributed by atoms with van der Waals surface area (Å²) in [5.41, 5.74) is 0. The highest BCUT2D eigenvalue weighted by Gasteiger charge is 2.65. The van der Waals surface area contributed by atoms with Crippen molar-refractivity contribution in [2.45, 2.75) is 36.9 Å². The molecule has 0 radical (unpaired) electrons. The van der Waals surface area contributed by atoms with Gasteiger partial charge in [-0.1, -0.05) is 0 Å². The molecule has 3 rings (SSSR count). The van der Waals surface area contributed by atoms with Gasteiger partial charge in [-0.2, -0.15) is 0 Å². The quantitative estimate of drug-likeness (QED) is 0.571. The highest BCUT2D eigenvalue weighted by atomic mass is 35.5. The van der Waals surface area contributed by atoms with Crippen molar-refractivity contribution in [1.82, 2.24) is 0 Å². The first-order valence-corrected chi connectivity index (χ1v) is 7.37. The number of carbonyl (C=O) groups is 1. The number of rotatable bonds is 2. The van der Waals surface area contributed by atoms with Crippen LogP contribution in [0, 0.1) is 29.6 Å². The van der Waals surface area contributed by atoms with Crippen LogP contribution in [-0.2, 0) is 9.53 Å². The Hall–Kier alpha value is 0.0500. The predicted octanol–water partition coefficient (Wildman–Crippen LogP) is 3.41. The third-order valence-electron chi connectivity index (χ3n) is 4.88. The minimum Gasteiger partial charge on any atom is -0.466 e. The van der Waals surface area contributed by atoms with Crippen LogP contribution in [0.25, 0.3) is 0 Å². The summed E-state index contributed by atoms with van der Waals surface area (Å²) in [6.45, 7) is 2.36. The lowest BCUT2D eigenvalue weighted by Crippen LogP contribution is -2.08. The fourth-order valence-electron chi connectivity index (χ4n) is 3.81. The Balaban J connectivity index is 1.59. The van der Waals surface area contributed by atoms with Crippen molar-refractivity contribution in [3.8, 4) is 0 Å². The molecule has 1 unspecified atom stereocenters. The SMILES string of the molecule is CCOC(=O)C1[C@H]2CC[C@@H]3[C@H](CC[C@H]12)C3(Cl)Cl. The Bertz CT molecular complexity index is 320. The van der Waals surface area contributed by atoms with Gasteiger partial charge in [0.05, 0.1) is 12.5 Å². The lowest BCUT2D eigenvalue weighted by Gasteiger charge is -2.03. The molecule has 0 saturated heterocycles. The van der Waals surface area contributed by atoms with Gasteiger partial charge >= 0.3 is 5.97 Å². The van der Waals surface area contributed by atoms with Crippen LogP contribution in [-0.4, -0.2) is 16.9 Å². The fraction of sp³-hybridized carbons (Fsp3) is 0.923. The molecule has 3 saturated carbocycles. The zero-order valence-electron chi connectivity index (χ0n) is 9.99. The third kappa shape index (κ3) is 1.88. The molecule has 0 heterocycles. The second-order valence-corrected chi connectivity index (χ2v) is 7.09. The largest absolute Gasteiger partial charge is 0.466 e. The normalized spacial score (nSPS) is 45.9. The van der Waals surface area contributed by atoms with E-state index in [0.717, 1.165) is 25.7 Å². The monoisotopic (exact) mass is 276 g/mol. The summed E-state index contributed by atoms with van der Waals surface area (Å²) in [7, 11) is 0. The number of fused-ring (bicyclic) bond motifs is 2. The van der Waals surface area contributed by atoms with Crippen LogP contribution < -0.4 is 0 Å². The number of hydrogen-bond acceptors (Lipinski definition) is 2. The maximum Gasteiger partial charge on any atom is 0.309 e.